The van der Waals surface area contributed by atoms with Crippen LogP contribution in [0.3, 0.4) is 0 Å². The van der Waals surface area contributed by atoms with E-state index in [1.165, 1.54) is 5.56 Å². The van der Waals surface area contributed by atoms with E-state index in [2.05, 4.69) is 12.1 Å². The molecule has 0 aliphatic rings. The van der Waals surface area contributed by atoms with Gasteiger partial charge < -0.3 is 9.64 Å². The van der Waals surface area contributed by atoms with E-state index in [0.29, 0.717) is 12.2 Å². The highest BCUT2D eigenvalue weighted by molar-refractivity contribution is 5.93. The van der Waals surface area contributed by atoms with Crippen LogP contribution in [0.15, 0.2) is 54.6 Å². The molecule has 0 spiro atoms. The molecular formula is C17H19NO2. The predicted octanol–water partition coefficient (Wildman–Crippen LogP) is 3.01. The van der Waals surface area contributed by atoms with Gasteiger partial charge in [-0.15, -0.1) is 0 Å². The number of carbonyl (C=O) groups is 1. The standard InChI is InChI=1S/C17H19NO2/c1-18(2)17(19)15-8-10-16(11-9-15)20-13-12-14-6-4-3-5-7-14/h3-11H,12-13H2,1-2H3. The van der Waals surface area contributed by atoms with Gasteiger partial charge in [-0.2, -0.15) is 0 Å². The summed E-state index contributed by atoms with van der Waals surface area (Å²) >= 11 is 0. The maximum absolute atomic E-state index is 11.7. The van der Waals surface area contributed by atoms with Gasteiger partial charge in [0, 0.05) is 26.1 Å². The van der Waals surface area contributed by atoms with Crippen LogP contribution in [0.5, 0.6) is 5.75 Å². The van der Waals surface area contributed by atoms with Gasteiger partial charge in [0.1, 0.15) is 5.75 Å². The van der Waals surface area contributed by atoms with Crippen molar-refractivity contribution in [1.82, 2.24) is 4.90 Å². The number of benzene rings is 2. The van der Waals surface area contributed by atoms with Gasteiger partial charge in [-0.3, -0.25) is 4.79 Å². The van der Waals surface area contributed by atoms with Crippen molar-refractivity contribution in [2.75, 3.05) is 20.7 Å². The van der Waals surface area contributed by atoms with E-state index < -0.39 is 0 Å². The molecule has 2 aromatic rings. The van der Waals surface area contributed by atoms with Crippen molar-refractivity contribution in [3.8, 4) is 5.75 Å². The van der Waals surface area contributed by atoms with E-state index in [1.54, 1.807) is 31.1 Å². The summed E-state index contributed by atoms with van der Waals surface area (Å²) < 4.78 is 5.68. The molecule has 0 fully saturated rings. The zero-order valence-electron chi connectivity index (χ0n) is 11.9. The fourth-order valence-electron chi connectivity index (χ4n) is 1.88. The zero-order chi connectivity index (χ0) is 14.4. The average molecular weight is 269 g/mol. The zero-order valence-corrected chi connectivity index (χ0v) is 11.9. The largest absolute Gasteiger partial charge is 0.493 e. The number of amides is 1. The SMILES string of the molecule is CN(C)C(=O)c1ccc(OCCc2ccccc2)cc1. The van der Waals surface area contributed by atoms with Crippen molar-refractivity contribution in [3.63, 3.8) is 0 Å². The molecule has 0 heterocycles. The quantitative estimate of drug-likeness (QED) is 0.835. The van der Waals surface area contributed by atoms with Crippen molar-refractivity contribution in [2.24, 2.45) is 0 Å². The monoisotopic (exact) mass is 269 g/mol. The van der Waals surface area contributed by atoms with E-state index in [-0.39, 0.29) is 5.91 Å². The van der Waals surface area contributed by atoms with Gasteiger partial charge in [0.2, 0.25) is 0 Å². The molecule has 0 bridgehead atoms. The molecule has 0 atom stereocenters. The Kier molecular flexibility index (Phi) is 4.77. The van der Waals surface area contributed by atoms with Crippen LogP contribution in [0.1, 0.15) is 15.9 Å². The third-order valence-corrected chi connectivity index (χ3v) is 3.01. The summed E-state index contributed by atoms with van der Waals surface area (Å²) in [5.41, 5.74) is 1.93. The van der Waals surface area contributed by atoms with Crippen molar-refractivity contribution in [3.05, 3.63) is 65.7 Å². The Labute approximate surface area is 119 Å². The molecule has 3 nitrogen and oxygen atoms in total. The molecule has 0 radical (unpaired) electrons. The minimum absolute atomic E-state index is 0.000774. The molecule has 0 aromatic heterocycles. The fraction of sp³-hybridized carbons (Fsp3) is 0.235. The number of hydrogen-bond acceptors (Lipinski definition) is 2. The summed E-state index contributed by atoms with van der Waals surface area (Å²) in [5, 5.41) is 0. The Bertz CT molecular complexity index is 547. The van der Waals surface area contributed by atoms with Crippen LogP contribution in [0.4, 0.5) is 0 Å². The summed E-state index contributed by atoms with van der Waals surface area (Å²) in [7, 11) is 3.49. The van der Waals surface area contributed by atoms with E-state index in [0.717, 1.165) is 12.2 Å². The molecule has 20 heavy (non-hydrogen) atoms. The van der Waals surface area contributed by atoms with Gasteiger partial charge in [0.15, 0.2) is 0 Å². The molecule has 0 saturated heterocycles. The fourth-order valence-corrected chi connectivity index (χ4v) is 1.88. The van der Waals surface area contributed by atoms with Crippen LogP contribution in [-0.2, 0) is 6.42 Å². The number of hydrogen-bond donors (Lipinski definition) is 0. The van der Waals surface area contributed by atoms with E-state index in [4.69, 9.17) is 4.74 Å². The molecule has 0 unspecified atom stereocenters. The number of nitrogens with zero attached hydrogens (tertiary/aromatic N) is 1. The molecular weight excluding hydrogens is 250 g/mol. The molecule has 2 rings (SSSR count). The second kappa shape index (κ2) is 6.75. The minimum Gasteiger partial charge on any atom is -0.493 e. The Morgan fingerprint density at radius 1 is 1.00 bits per heavy atom. The van der Waals surface area contributed by atoms with E-state index >= 15 is 0 Å². The Morgan fingerprint density at radius 3 is 2.25 bits per heavy atom. The Balaban J connectivity index is 1.87. The smallest absolute Gasteiger partial charge is 0.253 e. The second-order valence-corrected chi connectivity index (χ2v) is 4.81. The van der Waals surface area contributed by atoms with Gasteiger partial charge in [-0.1, -0.05) is 30.3 Å². The summed E-state index contributed by atoms with van der Waals surface area (Å²) in [6.45, 7) is 0.630. The van der Waals surface area contributed by atoms with Gasteiger partial charge in [0.25, 0.3) is 5.91 Å². The average Bonchev–Trinajstić information content (AvgIpc) is 2.48. The van der Waals surface area contributed by atoms with Crippen LogP contribution in [-0.4, -0.2) is 31.5 Å². The lowest BCUT2D eigenvalue weighted by atomic mass is 10.2. The molecule has 1 amide bonds. The van der Waals surface area contributed by atoms with E-state index in [1.807, 2.05) is 30.3 Å². The maximum Gasteiger partial charge on any atom is 0.253 e. The topological polar surface area (TPSA) is 29.5 Å². The summed E-state index contributed by atoms with van der Waals surface area (Å²) in [6.07, 6.45) is 0.874. The lowest BCUT2D eigenvalue weighted by Gasteiger charge is -2.11. The molecule has 3 heteroatoms. The van der Waals surface area contributed by atoms with E-state index in [9.17, 15) is 4.79 Å². The van der Waals surface area contributed by atoms with Crippen molar-refractivity contribution in [1.29, 1.82) is 0 Å². The summed E-state index contributed by atoms with van der Waals surface area (Å²) in [6, 6.07) is 17.5. The number of rotatable bonds is 5. The van der Waals surface area contributed by atoms with Crippen LogP contribution >= 0.6 is 0 Å². The number of ether oxygens (including phenoxy) is 1. The Morgan fingerprint density at radius 2 is 1.65 bits per heavy atom. The summed E-state index contributed by atoms with van der Waals surface area (Å²) in [4.78, 5) is 13.3. The highest BCUT2D eigenvalue weighted by Gasteiger charge is 2.07. The van der Waals surface area contributed by atoms with Gasteiger partial charge >= 0.3 is 0 Å². The van der Waals surface area contributed by atoms with Crippen LogP contribution in [0.2, 0.25) is 0 Å². The van der Waals surface area contributed by atoms with Gasteiger partial charge in [-0.05, 0) is 29.8 Å². The first-order valence-corrected chi connectivity index (χ1v) is 6.65. The highest BCUT2D eigenvalue weighted by atomic mass is 16.5. The highest BCUT2D eigenvalue weighted by Crippen LogP contribution is 2.13. The van der Waals surface area contributed by atoms with Crippen LogP contribution in [0.25, 0.3) is 0 Å². The maximum atomic E-state index is 11.7. The lowest BCUT2D eigenvalue weighted by molar-refractivity contribution is 0.0827. The van der Waals surface area contributed by atoms with Gasteiger partial charge in [-0.25, -0.2) is 0 Å². The van der Waals surface area contributed by atoms with Crippen molar-refractivity contribution in [2.45, 2.75) is 6.42 Å². The molecule has 0 N–H and O–H groups in total. The summed E-state index contributed by atoms with van der Waals surface area (Å²) in [5.74, 6) is 0.789. The molecule has 104 valence electrons. The Hall–Kier alpha value is -2.29. The van der Waals surface area contributed by atoms with Gasteiger partial charge in [0.05, 0.1) is 6.61 Å². The third kappa shape index (κ3) is 3.85. The van der Waals surface area contributed by atoms with Crippen molar-refractivity contribution < 1.29 is 9.53 Å². The molecule has 2 aromatic carbocycles. The molecule has 0 aliphatic carbocycles. The minimum atomic E-state index is 0.000774. The lowest BCUT2D eigenvalue weighted by Crippen LogP contribution is -2.21. The molecule has 0 aliphatic heterocycles. The van der Waals surface area contributed by atoms with Crippen LogP contribution < -0.4 is 4.74 Å². The second-order valence-electron chi connectivity index (χ2n) is 4.81. The van der Waals surface area contributed by atoms with Crippen molar-refractivity contribution >= 4 is 5.91 Å². The first kappa shape index (κ1) is 14.1. The normalized spacial score (nSPS) is 10.1. The van der Waals surface area contributed by atoms with Crippen LogP contribution in [0, 0.1) is 0 Å². The first-order valence-electron chi connectivity index (χ1n) is 6.65. The predicted molar refractivity (Wildman–Crippen MR) is 80.1 cm³/mol. The third-order valence-electron chi connectivity index (χ3n) is 3.01. The first-order chi connectivity index (χ1) is 9.66. The number of carbonyl (C=O) groups excluding carboxylic acids is 1. The molecule has 0 saturated carbocycles.